The molecular weight excluding hydrogens is 558 g/mol. The third-order valence-electron chi connectivity index (χ3n) is 5.81. The summed E-state index contributed by atoms with van der Waals surface area (Å²) in [4.78, 5) is 10.5. The van der Waals surface area contributed by atoms with Gasteiger partial charge in [-0.15, -0.1) is 5.56 Å². The minimum absolute atomic E-state index is 0. The van der Waals surface area contributed by atoms with Gasteiger partial charge < -0.3 is 10.5 Å². The van der Waals surface area contributed by atoms with Gasteiger partial charge in [0, 0.05) is 15.4 Å². The molecule has 0 spiro atoms. The number of benzene rings is 4. The van der Waals surface area contributed by atoms with Crippen LogP contribution in [0.4, 0.5) is 0 Å². The molecule has 0 saturated heterocycles. The number of carbonyl (C=O) groups excluding carboxylic acids is 1. The summed E-state index contributed by atoms with van der Waals surface area (Å²) in [6, 6.07) is 43.1. The van der Waals surface area contributed by atoms with Crippen molar-refractivity contribution in [1.82, 2.24) is 0 Å². The van der Waals surface area contributed by atoms with E-state index in [1.807, 2.05) is 66.7 Å². The zero-order valence-corrected chi connectivity index (χ0v) is 26.2. The zero-order chi connectivity index (χ0) is 26.6. The van der Waals surface area contributed by atoms with Gasteiger partial charge in [-0.1, -0.05) is 67.7 Å². The van der Waals surface area contributed by atoms with Gasteiger partial charge >= 0.3 is 26.2 Å². The largest absolute Gasteiger partial charge is 4.00 e. The standard InChI is InChI=1S/C13H9.C7H13NO.2C6H5.C2H7Si.Zr/c1-3-7-12-10(5-1)9-11-6-2-4-8-13(11)12;8-7(9)6-4-2-1-3-5-6;2*1-2-4-6-5-3-1;1-3-2;/h1-5,7-8H,9H2;6H,1-5H2,(H2,8,9);2*1-5H;3H,1-2H3;/q-1;;2*-1;;+4/p-1. The van der Waals surface area contributed by atoms with Gasteiger partial charge in [0.25, 0.3) is 0 Å². The Morgan fingerprint density at radius 2 is 1.26 bits per heavy atom. The van der Waals surface area contributed by atoms with Crippen LogP contribution in [0.1, 0.15) is 43.2 Å². The molecular formula is C34H38NOSiZr. The average Bonchev–Trinajstić information content (AvgIpc) is 3.36. The maximum absolute atomic E-state index is 10.5. The summed E-state index contributed by atoms with van der Waals surface area (Å²) in [7, 11) is 0.750. The normalized spacial score (nSPS) is 12.4. The Morgan fingerprint density at radius 3 is 1.71 bits per heavy atom. The van der Waals surface area contributed by atoms with Gasteiger partial charge in [-0.2, -0.15) is 103 Å². The van der Waals surface area contributed by atoms with Gasteiger partial charge in [0.1, 0.15) is 0 Å². The number of rotatable bonds is 1. The van der Waals surface area contributed by atoms with E-state index in [-0.39, 0.29) is 38.0 Å². The molecule has 38 heavy (non-hydrogen) atoms. The first kappa shape index (κ1) is 33.5. The topological polar surface area (TPSA) is 40.9 Å². The maximum atomic E-state index is 10.5. The van der Waals surface area contributed by atoms with E-state index in [4.69, 9.17) is 5.73 Å². The van der Waals surface area contributed by atoms with Crippen LogP contribution in [0.15, 0.2) is 103 Å². The second kappa shape index (κ2) is 21.4. The molecule has 0 atom stereocenters. The molecule has 193 valence electrons. The van der Waals surface area contributed by atoms with Crippen LogP contribution in [0.2, 0.25) is 13.1 Å². The molecule has 1 N–H and O–H groups in total. The molecule has 2 nitrogen and oxygen atoms in total. The molecule has 6 rings (SSSR count). The average molecular weight is 596 g/mol. The summed E-state index contributed by atoms with van der Waals surface area (Å²) < 4.78 is 0. The van der Waals surface area contributed by atoms with Gasteiger partial charge in [-0.05, 0) is 19.3 Å². The number of carbonyl (C=O) groups is 1. The third kappa shape index (κ3) is 13.3. The van der Waals surface area contributed by atoms with E-state index in [1.54, 1.807) is 0 Å². The molecule has 1 saturated carbocycles. The summed E-state index contributed by atoms with van der Waals surface area (Å²) in [5.74, 6) is -0.270. The summed E-state index contributed by atoms with van der Waals surface area (Å²) in [5, 5.41) is 0. The molecule has 2 aliphatic rings. The molecule has 0 aromatic heterocycles. The monoisotopic (exact) mass is 594 g/mol. The molecule has 0 aliphatic heterocycles. The van der Waals surface area contributed by atoms with Crippen LogP contribution >= 0.6 is 0 Å². The Labute approximate surface area is 252 Å². The quantitative estimate of drug-likeness (QED) is 0.141. The van der Waals surface area contributed by atoms with Crippen molar-refractivity contribution < 1.29 is 31.0 Å². The van der Waals surface area contributed by atoms with Crippen molar-refractivity contribution >= 4 is 15.4 Å². The predicted molar refractivity (Wildman–Crippen MR) is 159 cm³/mol. The first-order valence-electron chi connectivity index (χ1n) is 13.1. The molecule has 0 unspecified atom stereocenters. The number of fused-ring (bicyclic) bond motifs is 3. The molecule has 0 heterocycles. The molecule has 1 amide bonds. The Morgan fingerprint density at radius 1 is 0.737 bits per heavy atom. The predicted octanol–water partition coefficient (Wildman–Crippen LogP) is 8.69. The fourth-order valence-corrected chi connectivity index (χ4v) is 4.05. The Bertz CT molecular complexity index is 987. The van der Waals surface area contributed by atoms with E-state index in [0.717, 1.165) is 41.6 Å². The smallest absolute Gasteiger partial charge is 0.668 e. The van der Waals surface area contributed by atoms with E-state index in [0.29, 0.717) is 0 Å². The molecule has 1 fully saturated rings. The molecule has 4 aromatic rings. The van der Waals surface area contributed by atoms with Crippen LogP contribution in [-0.4, -0.2) is 15.4 Å². The summed E-state index contributed by atoms with van der Waals surface area (Å²) in [6.45, 7) is 4.42. The van der Waals surface area contributed by atoms with Crippen molar-refractivity contribution in [1.29, 1.82) is 0 Å². The van der Waals surface area contributed by atoms with E-state index in [9.17, 15) is 4.79 Å². The van der Waals surface area contributed by atoms with Gasteiger partial charge in [-0.25, -0.2) is 0 Å². The van der Waals surface area contributed by atoms with Crippen LogP contribution in [0, 0.1) is 24.1 Å². The zero-order valence-electron chi connectivity index (χ0n) is 22.6. The van der Waals surface area contributed by atoms with E-state index in [2.05, 4.69) is 67.7 Å². The summed E-state index contributed by atoms with van der Waals surface area (Å²) >= 11 is 0. The number of amides is 1. The van der Waals surface area contributed by atoms with Crippen LogP contribution < -0.4 is 0 Å². The van der Waals surface area contributed by atoms with Gasteiger partial charge in [0.2, 0.25) is 0 Å². The molecule has 0 bridgehead atoms. The first-order valence-corrected chi connectivity index (χ1v) is 15.4. The van der Waals surface area contributed by atoms with Gasteiger partial charge in [-0.3, -0.25) is 0 Å². The second-order valence-electron chi connectivity index (χ2n) is 8.83. The van der Waals surface area contributed by atoms with Crippen LogP contribution in [-0.2, 0) is 37.4 Å². The molecule has 4 aromatic carbocycles. The fourth-order valence-electron chi connectivity index (χ4n) is 4.05. The van der Waals surface area contributed by atoms with E-state index >= 15 is 0 Å². The van der Waals surface area contributed by atoms with E-state index < -0.39 is 0 Å². The number of hydrogen-bond acceptors (Lipinski definition) is 1. The van der Waals surface area contributed by atoms with Gasteiger partial charge in [0.15, 0.2) is 0 Å². The third-order valence-corrected chi connectivity index (χ3v) is 5.81. The summed E-state index contributed by atoms with van der Waals surface area (Å²) in [5.41, 5.74) is 12.3. The van der Waals surface area contributed by atoms with Gasteiger partial charge in [0.05, 0.1) is 5.91 Å². The fraction of sp³-hybridized carbons (Fsp3) is 0.265. The van der Waals surface area contributed by atoms with Crippen molar-refractivity contribution in [3.63, 3.8) is 0 Å². The minimum atomic E-state index is -0.352. The second-order valence-corrected chi connectivity index (χ2v) is 9.98. The molecule has 1 radical (unpaired) electrons. The molecule has 4 heteroatoms. The van der Waals surface area contributed by atoms with Crippen molar-refractivity contribution in [2.75, 3.05) is 0 Å². The number of hydrogen-bond donors (Lipinski definition) is 0. The number of nitrogens with one attached hydrogen (secondary N) is 1. The van der Waals surface area contributed by atoms with Crippen molar-refractivity contribution in [2.45, 2.75) is 51.6 Å². The van der Waals surface area contributed by atoms with Crippen molar-refractivity contribution in [2.24, 2.45) is 5.92 Å². The SMILES string of the molecule is C[SiH]C.[NH-]C(=O)C1CCCCC1.[Zr+4].[c-]1cccc2c1Cc1ccccc1-2.[c-]1ccccc1.[c-]1ccccc1. The Hall–Kier alpha value is -2.55. The minimum Gasteiger partial charge on any atom is -0.668 e. The van der Waals surface area contributed by atoms with Crippen LogP contribution in [0.5, 0.6) is 0 Å². The summed E-state index contributed by atoms with van der Waals surface area (Å²) in [6.07, 6.45) is 6.52. The van der Waals surface area contributed by atoms with Crippen LogP contribution in [0.3, 0.4) is 0 Å². The van der Waals surface area contributed by atoms with E-state index in [1.165, 1.54) is 28.7 Å². The van der Waals surface area contributed by atoms with Crippen molar-refractivity contribution in [3.8, 4) is 11.1 Å². The van der Waals surface area contributed by atoms with Crippen LogP contribution in [0.25, 0.3) is 16.9 Å². The first-order chi connectivity index (χ1) is 18.2. The Balaban J connectivity index is 0.000000255. The molecule has 2 aliphatic carbocycles. The Kier molecular flexibility index (Phi) is 18.8. The maximum Gasteiger partial charge on any atom is 4.00 e. The van der Waals surface area contributed by atoms with Crippen molar-refractivity contribution in [3.05, 3.63) is 138 Å².